The normalized spacial score (nSPS) is 13.7. The fourth-order valence-corrected chi connectivity index (χ4v) is 2.02. The number of aliphatic hydroxyl groups is 1. The minimum absolute atomic E-state index is 0.416. The quantitative estimate of drug-likeness (QED) is 0.709. The minimum Gasteiger partial charge on any atom is -0.480 e. The Hall–Kier alpha value is -1.53. The highest BCUT2D eigenvalue weighted by atomic mass is 32.2. The van der Waals surface area contributed by atoms with Crippen LogP contribution in [0.2, 0.25) is 0 Å². The van der Waals surface area contributed by atoms with Gasteiger partial charge in [0.25, 0.3) is 5.91 Å². The Kier molecular flexibility index (Phi) is 5.38. The molecule has 0 spiro atoms. The van der Waals surface area contributed by atoms with Crippen LogP contribution in [0.4, 0.5) is 0 Å². The van der Waals surface area contributed by atoms with Gasteiger partial charge in [-0.25, -0.2) is 4.79 Å². The van der Waals surface area contributed by atoms with Gasteiger partial charge < -0.3 is 15.5 Å². The lowest BCUT2D eigenvalue weighted by Crippen LogP contribution is -2.47. The first-order valence-corrected chi connectivity index (χ1v) is 6.95. The number of hydrogen-bond acceptors (Lipinski definition) is 4. The van der Waals surface area contributed by atoms with Gasteiger partial charge in [0.1, 0.15) is 0 Å². The summed E-state index contributed by atoms with van der Waals surface area (Å²) in [5, 5.41) is 20.6. The number of rotatable bonds is 5. The first-order valence-electron chi connectivity index (χ1n) is 5.73. The van der Waals surface area contributed by atoms with E-state index in [0.29, 0.717) is 5.56 Å². The van der Waals surface area contributed by atoms with Gasteiger partial charge >= 0.3 is 5.97 Å². The maximum Gasteiger partial charge on any atom is 0.328 e. The standard InChI is InChI=1S/C13H17NO4S/c1-7-4-5-9(19-3)6-10(7)12(16)14-11(8(2)15)13(17)18/h4-6,8,11,15H,1-3H3,(H,14,16)(H,17,18)/t8-,11+/m1/s1. The van der Waals surface area contributed by atoms with Gasteiger partial charge in [0.2, 0.25) is 0 Å². The van der Waals surface area contributed by atoms with Gasteiger partial charge in [0.05, 0.1) is 6.10 Å². The van der Waals surface area contributed by atoms with Gasteiger partial charge in [-0.2, -0.15) is 0 Å². The molecule has 0 bridgehead atoms. The molecule has 5 nitrogen and oxygen atoms in total. The largest absolute Gasteiger partial charge is 0.480 e. The van der Waals surface area contributed by atoms with E-state index >= 15 is 0 Å². The van der Waals surface area contributed by atoms with E-state index in [-0.39, 0.29) is 0 Å². The molecule has 0 aliphatic rings. The number of aliphatic carboxylic acids is 1. The number of hydrogen-bond donors (Lipinski definition) is 3. The highest BCUT2D eigenvalue weighted by molar-refractivity contribution is 7.98. The van der Waals surface area contributed by atoms with Crippen LogP contribution in [0.15, 0.2) is 23.1 Å². The predicted octanol–water partition coefficient (Wildman–Crippen LogP) is 1.28. The molecule has 0 aliphatic carbocycles. The number of carbonyl (C=O) groups is 2. The smallest absolute Gasteiger partial charge is 0.328 e. The lowest BCUT2D eigenvalue weighted by molar-refractivity contribution is -0.141. The summed E-state index contributed by atoms with van der Waals surface area (Å²) in [4.78, 5) is 23.9. The van der Waals surface area contributed by atoms with Gasteiger partial charge in [-0.05, 0) is 37.8 Å². The average Bonchev–Trinajstić information content (AvgIpc) is 2.35. The molecule has 0 unspecified atom stereocenters. The molecule has 0 radical (unpaired) electrons. The number of amides is 1. The number of thioether (sulfide) groups is 1. The molecule has 19 heavy (non-hydrogen) atoms. The van der Waals surface area contributed by atoms with Crippen molar-refractivity contribution in [1.82, 2.24) is 5.32 Å². The molecule has 6 heteroatoms. The first-order chi connectivity index (χ1) is 8.86. The van der Waals surface area contributed by atoms with Crippen LogP contribution in [0.1, 0.15) is 22.8 Å². The molecular formula is C13H17NO4S. The van der Waals surface area contributed by atoms with E-state index in [4.69, 9.17) is 5.11 Å². The molecule has 0 aliphatic heterocycles. The van der Waals surface area contributed by atoms with Gasteiger partial charge in [0, 0.05) is 10.5 Å². The lowest BCUT2D eigenvalue weighted by atomic mass is 10.1. The van der Waals surface area contributed by atoms with Crippen molar-refractivity contribution in [2.75, 3.05) is 6.26 Å². The Morgan fingerprint density at radius 3 is 2.47 bits per heavy atom. The summed E-state index contributed by atoms with van der Waals surface area (Å²) in [5.41, 5.74) is 1.17. The number of benzene rings is 1. The van der Waals surface area contributed by atoms with Crippen LogP contribution in [0.25, 0.3) is 0 Å². The van der Waals surface area contributed by atoms with E-state index in [1.165, 1.54) is 18.7 Å². The maximum absolute atomic E-state index is 12.1. The molecular weight excluding hydrogens is 266 g/mol. The molecule has 0 aromatic heterocycles. The van der Waals surface area contributed by atoms with E-state index in [1.807, 2.05) is 12.3 Å². The number of carbonyl (C=O) groups excluding carboxylic acids is 1. The van der Waals surface area contributed by atoms with Gasteiger partial charge in [-0.15, -0.1) is 11.8 Å². The summed E-state index contributed by atoms with van der Waals surface area (Å²) in [6.07, 6.45) is 0.729. The fraction of sp³-hybridized carbons (Fsp3) is 0.385. The summed E-state index contributed by atoms with van der Waals surface area (Å²) in [6, 6.07) is 4.08. The molecule has 1 aromatic rings. The third-order valence-electron chi connectivity index (χ3n) is 2.72. The Labute approximate surface area is 116 Å². The highest BCUT2D eigenvalue weighted by Crippen LogP contribution is 2.19. The van der Waals surface area contributed by atoms with Crippen LogP contribution in [0, 0.1) is 6.92 Å². The van der Waals surface area contributed by atoms with Gasteiger partial charge in [-0.3, -0.25) is 4.79 Å². The molecule has 0 saturated heterocycles. The molecule has 2 atom stereocenters. The molecule has 1 aromatic carbocycles. The van der Waals surface area contributed by atoms with Gasteiger partial charge in [-0.1, -0.05) is 6.07 Å². The molecule has 0 fully saturated rings. The average molecular weight is 283 g/mol. The zero-order valence-electron chi connectivity index (χ0n) is 11.0. The third-order valence-corrected chi connectivity index (χ3v) is 3.45. The highest BCUT2D eigenvalue weighted by Gasteiger charge is 2.25. The number of carboxylic acid groups (broad SMARTS) is 1. The molecule has 0 saturated carbocycles. The SMILES string of the molecule is CSc1ccc(C)c(C(=O)N[C@H](C(=O)O)[C@@H](C)O)c1. The molecule has 3 N–H and O–H groups in total. The monoisotopic (exact) mass is 283 g/mol. The second-order valence-electron chi connectivity index (χ2n) is 4.21. The van der Waals surface area contributed by atoms with Crippen molar-refractivity contribution in [3.63, 3.8) is 0 Å². The second-order valence-corrected chi connectivity index (χ2v) is 5.09. The summed E-state index contributed by atoms with van der Waals surface area (Å²) in [5.74, 6) is -1.76. The molecule has 1 rings (SSSR count). The van der Waals surface area contributed by atoms with Crippen LogP contribution in [-0.4, -0.2) is 40.5 Å². The zero-order chi connectivity index (χ0) is 14.6. The van der Waals surface area contributed by atoms with E-state index < -0.39 is 24.0 Å². The summed E-state index contributed by atoms with van der Waals surface area (Å²) < 4.78 is 0. The van der Waals surface area contributed by atoms with Crippen molar-refractivity contribution in [3.8, 4) is 0 Å². The lowest BCUT2D eigenvalue weighted by Gasteiger charge is -2.18. The Balaban J connectivity index is 2.97. The summed E-state index contributed by atoms with van der Waals surface area (Å²) in [6.45, 7) is 3.10. The topological polar surface area (TPSA) is 86.6 Å². The van der Waals surface area contributed by atoms with Crippen LogP contribution < -0.4 is 5.32 Å². The predicted molar refractivity (Wildman–Crippen MR) is 73.5 cm³/mol. The Bertz CT molecular complexity index is 488. The number of nitrogens with one attached hydrogen (secondary N) is 1. The van der Waals surface area contributed by atoms with E-state index in [9.17, 15) is 14.7 Å². The van der Waals surface area contributed by atoms with E-state index in [0.717, 1.165) is 10.5 Å². The van der Waals surface area contributed by atoms with Gasteiger partial charge in [0.15, 0.2) is 6.04 Å². The van der Waals surface area contributed by atoms with Crippen molar-refractivity contribution in [3.05, 3.63) is 29.3 Å². The van der Waals surface area contributed by atoms with Crippen molar-refractivity contribution in [2.45, 2.75) is 30.9 Å². The van der Waals surface area contributed by atoms with E-state index in [1.54, 1.807) is 19.1 Å². The summed E-state index contributed by atoms with van der Waals surface area (Å²) in [7, 11) is 0. The molecule has 104 valence electrons. The fourth-order valence-electron chi connectivity index (χ4n) is 1.58. The first kappa shape index (κ1) is 15.5. The Morgan fingerprint density at radius 1 is 1.37 bits per heavy atom. The van der Waals surface area contributed by atoms with E-state index in [2.05, 4.69) is 5.32 Å². The number of aliphatic hydroxyl groups excluding tert-OH is 1. The minimum atomic E-state index is -1.31. The summed E-state index contributed by atoms with van der Waals surface area (Å²) >= 11 is 1.49. The van der Waals surface area contributed by atoms with Crippen molar-refractivity contribution in [2.24, 2.45) is 0 Å². The van der Waals surface area contributed by atoms with Crippen molar-refractivity contribution in [1.29, 1.82) is 0 Å². The number of carboxylic acids is 1. The zero-order valence-corrected chi connectivity index (χ0v) is 11.8. The van der Waals surface area contributed by atoms with Crippen molar-refractivity contribution < 1.29 is 19.8 Å². The third kappa shape index (κ3) is 3.97. The van der Waals surface area contributed by atoms with Crippen LogP contribution >= 0.6 is 11.8 Å². The maximum atomic E-state index is 12.1. The molecule has 0 heterocycles. The Morgan fingerprint density at radius 2 is 2.00 bits per heavy atom. The second kappa shape index (κ2) is 6.58. The van der Waals surface area contributed by atoms with Crippen LogP contribution in [-0.2, 0) is 4.79 Å². The van der Waals surface area contributed by atoms with Crippen LogP contribution in [0.3, 0.4) is 0 Å². The molecule has 1 amide bonds. The van der Waals surface area contributed by atoms with Crippen molar-refractivity contribution >= 4 is 23.6 Å². The van der Waals surface area contributed by atoms with Crippen LogP contribution in [0.5, 0.6) is 0 Å². The number of aryl methyl sites for hydroxylation is 1.